The number of hydrogen-bond donors (Lipinski definition) is 1. The first-order valence-corrected chi connectivity index (χ1v) is 12.6. The quantitative estimate of drug-likeness (QED) is 0.434. The van der Waals surface area contributed by atoms with Crippen LogP contribution in [0.4, 0.5) is 0 Å². The van der Waals surface area contributed by atoms with E-state index >= 15 is 0 Å². The minimum absolute atomic E-state index is 0.0285. The zero-order valence-electron chi connectivity index (χ0n) is 21.0. The van der Waals surface area contributed by atoms with Crippen LogP contribution in [0.15, 0.2) is 46.6 Å². The second kappa shape index (κ2) is 7.04. The molecule has 0 aromatic rings. The number of rotatable bonds is 3. The molecule has 0 aromatic heterocycles. The van der Waals surface area contributed by atoms with Crippen molar-refractivity contribution in [3.63, 3.8) is 0 Å². The van der Waals surface area contributed by atoms with E-state index in [2.05, 4.69) is 52.8 Å². The van der Waals surface area contributed by atoms with Gasteiger partial charge in [0.05, 0.1) is 0 Å². The van der Waals surface area contributed by atoms with E-state index in [0.29, 0.717) is 36.0 Å². The molecule has 0 bridgehead atoms. The maximum Gasteiger partial charge on any atom is 0.336 e. The normalized spacial score (nSPS) is 42.3. The number of carbonyl (C=O) groups is 2. The second-order valence-corrected chi connectivity index (χ2v) is 12.2. The van der Waals surface area contributed by atoms with E-state index in [1.807, 2.05) is 0 Å². The van der Waals surface area contributed by atoms with E-state index in [9.17, 15) is 14.7 Å². The summed E-state index contributed by atoms with van der Waals surface area (Å²) in [6, 6.07) is 0. The Kier molecular flexibility index (Phi) is 4.87. The Balaban J connectivity index is 1.50. The Labute approximate surface area is 197 Å². The molecule has 1 aliphatic heterocycles. The van der Waals surface area contributed by atoms with Crippen LogP contribution >= 0.6 is 0 Å². The van der Waals surface area contributed by atoms with Gasteiger partial charge in [-0.3, -0.25) is 4.79 Å². The number of esters is 1. The van der Waals surface area contributed by atoms with Crippen molar-refractivity contribution in [3.8, 4) is 0 Å². The lowest BCUT2D eigenvalue weighted by Crippen LogP contribution is -2.50. The zero-order valence-corrected chi connectivity index (χ0v) is 21.0. The number of allylic oxidation sites excluding steroid dienone is 6. The first kappa shape index (κ1) is 22.8. The van der Waals surface area contributed by atoms with E-state index in [-0.39, 0.29) is 22.2 Å². The van der Waals surface area contributed by atoms with Gasteiger partial charge in [-0.2, -0.15) is 0 Å². The van der Waals surface area contributed by atoms with Gasteiger partial charge in [0.2, 0.25) is 5.79 Å². The highest BCUT2D eigenvalue weighted by molar-refractivity contribution is 5.90. The number of ketones is 1. The topological polar surface area (TPSA) is 63.6 Å². The molecule has 6 atom stereocenters. The van der Waals surface area contributed by atoms with Crippen LogP contribution in [0, 0.1) is 34.0 Å². The van der Waals surface area contributed by atoms with Crippen LogP contribution in [0.2, 0.25) is 0 Å². The molecule has 1 unspecified atom stereocenters. The molecule has 4 aliphatic carbocycles. The number of fused-ring (bicyclic) bond motifs is 3. The average molecular weight is 451 g/mol. The van der Waals surface area contributed by atoms with Gasteiger partial charge in [0, 0.05) is 29.2 Å². The molecular weight excluding hydrogens is 412 g/mol. The van der Waals surface area contributed by atoms with Gasteiger partial charge in [0.1, 0.15) is 5.78 Å². The molecule has 0 amide bonds. The number of Topliss-reactive ketones (excluding diaryl/α,β-unsaturated/α-hetero) is 1. The molecule has 178 valence electrons. The smallest absolute Gasteiger partial charge is 0.336 e. The van der Waals surface area contributed by atoms with Gasteiger partial charge in [0.25, 0.3) is 0 Å². The number of hydrogen-bond acceptors (Lipinski definition) is 4. The molecule has 1 fully saturated rings. The average Bonchev–Trinajstić information content (AvgIpc) is 3.35. The maximum absolute atomic E-state index is 12.8. The Morgan fingerprint density at radius 1 is 1.18 bits per heavy atom. The van der Waals surface area contributed by atoms with Crippen molar-refractivity contribution in [1.82, 2.24) is 0 Å². The highest BCUT2D eigenvalue weighted by Gasteiger charge is 2.59. The summed E-state index contributed by atoms with van der Waals surface area (Å²) >= 11 is 0. The molecule has 0 radical (unpaired) electrons. The molecule has 33 heavy (non-hydrogen) atoms. The van der Waals surface area contributed by atoms with Gasteiger partial charge in [-0.15, -0.1) is 0 Å². The highest BCUT2D eigenvalue weighted by Crippen LogP contribution is 2.67. The molecule has 1 N–H and O–H groups in total. The summed E-state index contributed by atoms with van der Waals surface area (Å²) in [5.41, 5.74) is 4.52. The van der Waals surface area contributed by atoms with Crippen LogP contribution in [0.5, 0.6) is 0 Å². The fraction of sp³-hybridized carbons (Fsp3) is 0.655. The largest absolute Gasteiger partial charge is 0.426 e. The number of ether oxygens (including phenoxy) is 1. The fourth-order valence-corrected chi connectivity index (χ4v) is 8.39. The minimum Gasteiger partial charge on any atom is -0.426 e. The summed E-state index contributed by atoms with van der Waals surface area (Å²) < 4.78 is 5.34. The highest BCUT2D eigenvalue weighted by atomic mass is 16.7. The van der Waals surface area contributed by atoms with Crippen LogP contribution in [-0.4, -0.2) is 22.6 Å². The monoisotopic (exact) mass is 450 g/mol. The van der Waals surface area contributed by atoms with Crippen molar-refractivity contribution in [2.24, 2.45) is 34.0 Å². The Hall–Kier alpha value is -1.94. The van der Waals surface area contributed by atoms with E-state index in [1.165, 1.54) is 16.7 Å². The summed E-state index contributed by atoms with van der Waals surface area (Å²) in [4.78, 5) is 24.7. The van der Waals surface area contributed by atoms with E-state index in [4.69, 9.17) is 4.74 Å². The van der Waals surface area contributed by atoms with E-state index < -0.39 is 11.8 Å². The van der Waals surface area contributed by atoms with Crippen LogP contribution < -0.4 is 0 Å². The summed E-state index contributed by atoms with van der Waals surface area (Å²) in [6.07, 6.45) is 13.8. The Morgan fingerprint density at radius 3 is 2.58 bits per heavy atom. The van der Waals surface area contributed by atoms with Crippen molar-refractivity contribution in [2.45, 2.75) is 85.9 Å². The van der Waals surface area contributed by atoms with Crippen LogP contribution in [0.3, 0.4) is 0 Å². The van der Waals surface area contributed by atoms with Crippen molar-refractivity contribution < 1.29 is 19.4 Å². The first-order valence-electron chi connectivity index (χ1n) is 12.6. The fourth-order valence-electron chi connectivity index (χ4n) is 8.39. The van der Waals surface area contributed by atoms with Crippen LogP contribution in [0.1, 0.15) is 80.1 Å². The molecule has 4 heteroatoms. The van der Waals surface area contributed by atoms with Gasteiger partial charge in [-0.25, -0.2) is 4.79 Å². The lowest BCUT2D eigenvalue weighted by molar-refractivity contribution is -0.184. The second-order valence-electron chi connectivity index (χ2n) is 12.2. The summed E-state index contributed by atoms with van der Waals surface area (Å²) in [7, 11) is 0. The predicted molar refractivity (Wildman–Crippen MR) is 128 cm³/mol. The van der Waals surface area contributed by atoms with Gasteiger partial charge < -0.3 is 9.84 Å². The molecule has 0 aromatic carbocycles. The van der Waals surface area contributed by atoms with E-state index in [0.717, 1.165) is 25.7 Å². The van der Waals surface area contributed by atoms with Crippen molar-refractivity contribution in [2.75, 3.05) is 0 Å². The molecule has 5 aliphatic rings. The van der Waals surface area contributed by atoms with Gasteiger partial charge >= 0.3 is 5.97 Å². The summed E-state index contributed by atoms with van der Waals surface area (Å²) in [5, 5.41) is 11.0. The molecule has 0 saturated heterocycles. The number of carbonyl (C=O) groups excluding carboxylic acids is 2. The van der Waals surface area contributed by atoms with Crippen molar-refractivity contribution in [3.05, 3.63) is 46.6 Å². The maximum atomic E-state index is 12.8. The third kappa shape index (κ3) is 2.98. The standard InChI is InChI=1S/C29H38O4/c1-17(15-28(32)16-18(2)25(31)33-28)20-8-7-19(3)29(20)14-11-21-22(29)9-10-23-26(4,5)24(30)12-13-27(21,23)6/h7,11,14,16-17,20,23,32H,8-10,12-13,15H2,1-6H3/t17-,20+,23+,27-,28?,29-/m1/s1. The molecule has 5 rings (SSSR count). The SMILES string of the molecule is CC1=CC(O)(C[C@@H](C)[C@@H]2CC=C(C)[C@]23C=CC2=C3CC[C@H]3C(C)(C)C(=O)CC[C@]23C)OC1=O. The first-order chi connectivity index (χ1) is 15.3. The number of cyclic esters (lactones) is 1. The lowest BCUT2D eigenvalue weighted by atomic mass is 9.48. The zero-order chi connectivity index (χ0) is 24.0. The third-order valence-corrected chi connectivity index (χ3v) is 10.1. The van der Waals surface area contributed by atoms with Crippen molar-refractivity contribution >= 4 is 11.8 Å². The molecule has 1 saturated carbocycles. The van der Waals surface area contributed by atoms with Crippen LogP contribution in [-0.2, 0) is 14.3 Å². The summed E-state index contributed by atoms with van der Waals surface area (Å²) in [5.74, 6) is -0.668. The van der Waals surface area contributed by atoms with Gasteiger partial charge in [0.15, 0.2) is 0 Å². The van der Waals surface area contributed by atoms with Gasteiger partial charge in [-0.1, -0.05) is 57.1 Å². The Bertz CT molecular complexity index is 1060. The predicted octanol–water partition coefficient (Wildman–Crippen LogP) is 5.83. The minimum atomic E-state index is -1.50. The molecule has 4 nitrogen and oxygen atoms in total. The third-order valence-electron chi connectivity index (χ3n) is 10.1. The van der Waals surface area contributed by atoms with Crippen LogP contribution in [0.25, 0.3) is 0 Å². The van der Waals surface area contributed by atoms with Gasteiger partial charge in [-0.05, 0) is 74.3 Å². The summed E-state index contributed by atoms with van der Waals surface area (Å²) in [6.45, 7) is 12.8. The Morgan fingerprint density at radius 2 is 1.91 bits per heavy atom. The molecular formula is C29H38O4. The number of aliphatic hydroxyl groups is 1. The molecule has 1 heterocycles. The molecule has 1 spiro atoms. The lowest BCUT2D eigenvalue weighted by Gasteiger charge is -2.54. The van der Waals surface area contributed by atoms with Crippen molar-refractivity contribution in [1.29, 1.82) is 0 Å². The van der Waals surface area contributed by atoms with E-state index in [1.54, 1.807) is 13.0 Å².